The molecule has 0 spiro atoms. The van der Waals surface area contributed by atoms with Gasteiger partial charge in [0.1, 0.15) is 6.10 Å². The van der Waals surface area contributed by atoms with Gasteiger partial charge in [0.25, 0.3) is 0 Å². The van der Waals surface area contributed by atoms with Crippen molar-refractivity contribution in [1.82, 2.24) is 0 Å². The normalized spacial score (nSPS) is 14.7. The van der Waals surface area contributed by atoms with E-state index in [-0.39, 0.29) is 18.2 Å². The zero-order valence-electron chi connectivity index (χ0n) is 40.3. The number of rotatable bonds is 9. The topological polar surface area (TPSA) is 60.4 Å². The van der Waals surface area contributed by atoms with Gasteiger partial charge < -0.3 is 4.74 Å². The molecule has 0 fully saturated rings. The third-order valence-electron chi connectivity index (χ3n) is 15.0. The van der Waals surface area contributed by atoms with E-state index >= 15 is 0 Å². The highest BCUT2D eigenvalue weighted by molar-refractivity contribution is 7.28. The van der Waals surface area contributed by atoms with Gasteiger partial charge in [-0.25, -0.2) is 0 Å². The van der Waals surface area contributed by atoms with Gasteiger partial charge in [0.15, 0.2) is 0 Å². The highest BCUT2D eigenvalue weighted by atomic mass is 32.1. The van der Waals surface area contributed by atoms with Crippen molar-refractivity contribution >= 4 is 140 Å². The predicted molar refractivity (Wildman–Crippen MR) is 308 cm³/mol. The zero-order valence-corrected chi connectivity index (χ0v) is 43.6. The Morgan fingerprint density at radius 3 is 1.56 bits per heavy atom. The molecule has 2 aliphatic carbocycles. The Morgan fingerprint density at radius 2 is 0.972 bits per heavy atom. The summed E-state index contributed by atoms with van der Waals surface area (Å²) in [6, 6.07) is 54.0. The molecule has 0 saturated carbocycles. The summed E-state index contributed by atoms with van der Waals surface area (Å²) >= 11 is 7.70. The van der Waals surface area contributed by atoms with Crippen LogP contribution in [0.25, 0.3) is 103 Å². The fraction of sp³-hybridized carbons (Fsp3) is 0.219. The van der Waals surface area contributed by atoms with E-state index in [4.69, 9.17) is 14.3 Å². The molecular formula is C64H52O4S4. The third kappa shape index (κ3) is 8.24. The minimum atomic E-state index is -0.225. The Balaban J connectivity index is 0.000000148. The van der Waals surface area contributed by atoms with Crippen LogP contribution in [-0.2, 0) is 32.0 Å². The van der Waals surface area contributed by atoms with Crippen molar-refractivity contribution in [3.8, 4) is 20.9 Å². The number of carbonyl (C=O) groups is 1. The smallest absolute Gasteiger partial charge is 0.373 e. The molecule has 4 heterocycles. The van der Waals surface area contributed by atoms with Gasteiger partial charge in [0.05, 0.1) is 0 Å². The summed E-state index contributed by atoms with van der Waals surface area (Å²) in [5, 5.41) is 13.6. The van der Waals surface area contributed by atoms with Crippen LogP contribution in [0.3, 0.4) is 0 Å². The number of fused-ring (bicyclic) bond motifs is 20. The lowest BCUT2D eigenvalue weighted by Crippen LogP contribution is -2.17. The van der Waals surface area contributed by atoms with Crippen LogP contribution >= 0.6 is 45.3 Å². The summed E-state index contributed by atoms with van der Waals surface area (Å²) in [6.07, 6.45) is 10.6. The van der Waals surface area contributed by atoms with Gasteiger partial charge in [0, 0.05) is 83.3 Å². The molecule has 4 nitrogen and oxygen atoms in total. The Labute approximate surface area is 434 Å². The Bertz CT molecular complexity index is 3950. The molecule has 0 bridgehead atoms. The first kappa shape index (κ1) is 46.6. The SMILES string of the molecule is CCCCCC(=O)OC1Cc2ccccc2-c2sc3cc4c5c(sc4cc3c21)-c1ccccc1CC5CCCCC.O=C=O.c1ccc2c(c1)ccc1c3cc4sc5c6ccccc6ccc5c4cc3sc21. The number of carbonyl (C=O) groups excluding carboxylic acids is 3. The molecule has 4 aromatic heterocycles. The van der Waals surface area contributed by atoms with Crippen LogP contribution in [-0.4, -0.2) is 12.1 Å². The van der Waals surface area contributed by atoms with Crippen LogP contribution < -0.4 is 0 Å². The molecule has 0 amide bonds. The summed E-state index contributed by atoms with van der Waals surface area (Å²) in [4.78, 5) is 32.0. The maximum absolute atomic E-state index is 13.0. The number of benzene rings is 8. The van der Waals surface area contributed by atoms with Crippen LogP contribution in [0.15, 0.2) is 146 Å². The molecule has 2 unspecified atom stereocenters. The first-order valence-electron chi connectivity index (χ1n) is 25.4. The molecule has 356 valence electrons. The monoisotopic (exact) mass is 1010 g/mol. The quantitative estimate of drug-likeness (QED) is 0.107. The number of hydrogen-bond acceptors (Lipinski definition) is 8. The maximum Gasteiger partial charge on any atom is 0.373 e. The van der Waals surface area contributed by atoms with Crippen LogP contribution in [0.2, 0.25) is 0 Å². The minimum absolute atomic E-state index is 0.0627. The lowest BCUT2D eigenvalue weighted by Gasteiger charge is -2.26. The van der Waals surface area contributed by atoms with E-state index in [1.54, 1.807) is 5.56 Å². The van der Waals surface area contributed by atoms with E-state index in [2.05, 4.69) is 159 Å². The largest absolute Gasteiger partial charge is 0.457 e. The molecule has 0 saturated heterocycles. The van der Waals surface area contributed by atoms with Crippen molar-refractivity contribution in [3.05, 3.63) is 168 Å². The Kier molecular flexibility index (Phi) is 12.8. The second kappa shape index (κ2) is 19.8. The van der Waals surface area contributed by atoms with Gasteiger partial charge in [-0.05, 0) is 104 Å². The van der Waals surface area contributed by atoms with Crippen LogP contribution in [0.5, 0.6) is 0 Å². The first-order valence-corrected chi connectivity index (χ1v) is 28.7. The van der Waals surface area contributed by atoms with E-state index in [0.29, 0.717) is 12.3 Å². The summed E-state index contributed by atoms with van der Waals surface area (Å²) in [6.45, 7) is 4.47. The van der Waals surface area contributed by atoms with E-state index in [9.17, 15) is 4.79 Å². The van der Waals surface area contributed by atoms with Crippen LogP contribution in [0.1, 0.15) is 99.5 Å². The van der Waals surface area contributed by atoms with Gasteiger partial charge in [-0.2, -0.15) is 9.59 Å². The summed E-state index contributed by atoms with van der Waals surface area (Å²) < 4.78 is 14.5. The summed E-state index contributed by atoms with van der Waals surface area (Å²) in [5.74, 6) is 0.511. The molecule has 2 aliphatic rings. The Hall–Kier alpha value is -6.51. The van der Waals surface area contributed by atoms with Crippen molar-refractivity contribution in [2.75, 3.05) is 0 Å². The number of hydrogen-bond donors (Lipinski definition) is 0. The molecule has 0 aliphatic heterocycles. The summed E-state index contributed by atoms with van der Waals surface area (Å²) in [7, 11) is 0. The van der Waals surface area contributed by atoms with E-state index < -0.39 is 0 Å². The Morgan fingerprint density at radius 1 is 0.500 bits per heavy atom. The molecule has 12 aromatic rings. The van der Waals surface area contributed by atoms with Gasteiger partial charge >= 0.3 is 12.1 Å². The fourth-order valence-electron chi connectivity index (χ4n) is 11.6. The second-order valence-electron chi connectivity index (χ2n) is 19.3. The van der Waals surface area contributed by atoms with E-state index in [1.165, 1.54) is 145 Å². The second-order valence-corrected chi connectivity index (χ2v) is 23.6. The number of unbranched alkanes of at least 4 members (excludes halogenated alkanes) is 4. The molecule has 72 heavy (non-hydrogen) atoms. The molecule has 14 rings (SSSR count). The molecule has 0 radical (unpaired) electrons. The summed E-state index contributed by atoms with van der Waals surface area (Å²) in [5.41, 5.74) is 8.31. The van der Waals surface area contributed by atoms with Crippen LogP contribution in [0.4, 0.5) is 0 Å². The maximum atomic E-state index is 13.0. The van der Waals surface area contributed by atoms with Gasteiger partial charge in [0.2, 0.25) is 0 Å². The number of ether oxygens (including phenoxy) is 1. The lowest BCUT2D eigenvalue weighted by molar-refractivity contribution is -0.191. The van der Waals surface area contributed by atoms with Crippen LogP contribution in [0, 0.1) is 0 Å². The van der Waals surface area contributed by atoms with Crippen molar-refractivity contribution < 1.29 is 19.1 Å². The van der Waals surface area contributed by atoms with Gasteiger partial charge in [-0.15, -0.1) is 45.3 Å². The predicted octanol–water partition coefficient (Wildman–Crippen LogP) is 19.5. The van der Waals surface area contributed by atoms with Crippen molar-refractivity contribution in [3.63, 3.8) is 0 Å². The van der Waals surface area contributed by atoms with Crippen molar-refractivity contribution in [2.45, 2.75) is 90.1 Å². The van der Waals surface area contributed by atoms with E-state index in [0.717, 1.165) is 32.1 Å². The highest BCUT2D eigenvalue weighted by Crippen LogP contribution is 2.55. The molecule has 8 heteroatoms. The van der Waals surface area contributed by atoms with Gasteiger partial charge in [-0.1, -0.05) is 167 Å². The highest BCUT2D eigenvalue weighted by Gasteiger charge is 2.33. The minimum Gasteiger partial charge on any atom is -0.457 e. The average Bonchev–Trinajstić information content (AvgIpc) is 4.18. The molecule has 2 atom stereocenters. The fourth-order valence-corrected chi connectivity index (χ4v) is 16.8. The number of thiophene rings is 4. The number of esters is 1. The van der Waals surface area contributed by atoms with Crippen molar-refractivity contribution in [2.24, 2.45) is 0 Å². The lowest BCUT2D eigenvalue weighted by atomic mass is 9.79. The standard InChI is InChI=1S/C37H38O2S2.C26H14S2.CO2/c1-3-5-7-15-25-19-23-13-9-11-16-26(23)36-34(25)28-21-32-29(22-31(28)40-36)35-30(39-33(38)18-8-6-4-2)20-24-14-10-12-17-27(24)37(35)41-32;1-3-7-17-15(5-1)9-11-19-21-13-24-22(14-23(21)27-25(17)19)20-12-10-16-6-2-4-8-18(16)26(20)28-24;2-1-3/h9-14,16-17,21-22,25,30H,3-8,15,18-20H2,1-2H3;1-14H;. The molecule has 0 N–H and O–H groups in total. The van der Waals surface area contributed by atoms with E-state index in [1.807, 2.05) is 45.3 Å². The third-order valence-corrected chi connectivity index (χ3v) is 19.8. The first-order chi connectivity index (χ1) is 35.4. The van der Waals surface area contributed by atoms with Gasteiger partial charge in [-0.3, -0.25) is 4.79 Å². The molecule has 8 aromatic carbocycles. The van der Waals surface area contributed by atoms with Crippen molar-refractivity contribution in [1.29, 1.82) is 0 Å². The average molecular weight is 1010 g/mol. The zero-order chi connectivity index (χ0) is 48.9. The molecular weight excluding hydrogens is 961 g/mol.